The predicted octanol–water partition coefficient (Wildman–Crippen LogP) is 4.97. The third-order valence-corrected chi connectivity index (χ3v) is 7.84. The summed E-state index contributed by atoms with van der Waals surface area (Å²) >= 11 is 1.54. The standard InChI is InChI=1S/C26H30N2O3S2/c1-20-9-11-23(12-10-20)28(33(30,31)25-15-13-24(32-3)14-16-25)19-26(29)27-17-5-8-22-7-4-6-21(2)18-22/h4,6-7,9-16,18H,5,8,17,19H2,1-3H3,(H,27,29). The van der Waals surface area contributed by atoms with Gasteiger partial charge in [-0.25, -0.2) is 8.42 Å². The van der Waals surface area contributed by atoms with E-state index in [4.69, 9.17) is 0 Å². The third kappa shape index (κ3) is 6.85. The minimum Gasteiger partial charge on any atom is -0.355 e. The molecule has 3 aromatic rings. The van der Waals surface area contributed by atoms with Crippen molar-refractivity contribution >= 4 is 33.4 Å². The fourth-order valence-electron chi connectivity index (χ4n) is 3.48. The van der Waals surface area contributed by atoms with Crippen molar-refractivity contribution in [3.05, 3.63) is 89.5 Å². The molecular weight excluding hydrogens is 452 g/mol. The molecule has 0 radical (unpaired) electrons. The highest BCUT2D eigenvalue weighted by atomic mass is 32.2. The fraction of sp³-hybridized carbons (Fsp3) is 0.269. The van der Waals surface area contributed by atoms with Crippen molar-refractivity contribution in [1.29, 1.82) is 0 Å². The van der Waals surface area contributed by atoms with Crippen LogP contribution in [0.1, 0.15) is 23.1 Å². The van der Waals surface area contributed by atoms with Gasteiger partial charge in [0.05, 0.1) is 10.6 Å². The first-order valence-electron chi connectivity index (χ1n) is 10.9. The van der Waals surface area contributed by atoms with Crippen LogP contribution in [-0.2, 0) is 21.2 Å². The second-order valence-corrected chi connectivity index (χ2v) is 10.7. The van der Waals surface area contributed by atoms with Crippen LogP contribution in [0.5, 0.6) is 0 Å². The van der Waals surface area contributed by atoms with Gasteiger partial charge in [-0.3, -0.25) is 9.10 Å². The number of amides is 1. The average Bonchev–Trinajstić information content (AvgIpc) is 2.81. The molecule has 0 aliphatic heterocycles. The molecule has 0 aromatic heterocycles. The van der Waals surface area contributed by atoms with E-state index in [-0.39, 0.29) is 17.3 Å². The van der Waals surface area contributed by atoms with E-state index < -0.39 is 10.0 Å². The van der Waals surface area contributed by atoms with Crippen molar-refractivity contribution in [2.45, 2.75) is 36.5 Å². The molecule has 0 aliphatic carbocycles. The molecule has 0 saturated heterocycles. The molecule has 0 aliphatic rings. The number of carbonyl (C=O) groups is 1. The summed E-state index contributed by atoms with van der Waals surface area (Å²) in [4.78, 5) is 13.9. The molecule has 0 bridgehead atoms. The van der Waals surface area contributed by atoms with Crippen molar-refractivity contribution in [2.24, 2.45) is 0 Å². The van der Waals surface area contributed by atoms with Gasteiger partial charge < -0.3 is 5.32 Å². The molecule has 3 aromatic carbocycles. The smallest absolute Gasteiger partial charge is 0.264 e. The molecular formula is C26H30N2O3S2. The first kappa shape index (κ1) is 24.9. The third-order valence-electron chi connectivity index (χ3n) is 5.30. The second kappa shape index (κ2) is 11.4. The highest BCUT2D eigenvalue weighted by molar-refractivity contribution is 7.98. The van der Waals surface area contributed by atoms with E-state index in [0.29, 0.717) is 12.2 Å². The number of hydrogen-bond donors (Lipinski definition) is 1. The molecule has 174 valence electrons. The monoisotopic (exact) mass is 482 g/mol. The van der Waals surface area contributed by atoms with Crippen LogP contribution < -0.4 is 9.62 Å². The summed E-state index contributed by atoms with van der Waals surface area (Å²) in [6.45, 7) is 4.20. The van der Waals surface area contributed by atoms with Gasteiger partial charge >= 0.3 is 0 Å². The Balaban J connectivity index is 1.71. The van der Waals surface area contributed by atoms with Crippen LogP contribution in [0.4, 0.5) is 5.69 Å². The van der Waals surface area contributed by atoms with E-state index in [1.807, 2.05) is 31.4 Å². The van der Waals surface area contributed by atoms with Crippen LogP contribution in [0.3, 0.4) is 0 Å². The summed E-state index contributed by atoms with van der Waals surface area (Å²) in [5, 5.41) is 2.87. The minimum absolute atomic E-state index is 0.160. The van der Waals surface area contributed by atoms with Gasteiger partial charge in [-0.05, 0) is 74.9 Å². The summed E-state index contributed by atoms with van der Waals surface area (Å²) in [6.07, 6.45) is 3.57. The number of sulfonamides is 1. The van der Waals surface area contributed by atoms with Gasteiger partial charge in [0.15, 0.2) is 0 Å². The Hall–Kier alpha value is -2.77. The number of hydrogen-bond acceptors (Lipinski definition) is 4. The van der Waals surface area contributed by atoms with Crippen LogP contribution in [0, 0.1) is 13.8 Å². The quantitative estimate of drug-likeness (QED) is 0.327. The molecule has 0 heterocycles. The van der Waals surface area contributed by atoms with Gasteiger partial charge in [0.2, 0.25) is 5.91 Å². The van der Waals surface area contributed by atoms with E-state index in [1.165, 1.54) is 15.4 Å². The van der Waals surface area contributed by atoms with Crippen molar-refractivity contribution in [2.75, 3.05) is 23.7 Å². The van der Waals surface area contributed by atoms with Crippen molar-refractivity contribution in [1.82, 2.24) is 5.32 Å². The van der Waals surface area contributed by atoms with Crippen LogP contribution >= 0.6 is 11.8 Å². The Labute approximate surface area is 201 Å². The zero-order chi connectivity index (χ0) is 23.8. The number of nitrogens with one attached hydrogen (secondary N) is 1. The molecule has 1 amide bonds. The molecule has 7 heteroatoms. The van der Waals surface area contributed by atoms with Crippen LogP contribution in [0.25, 0.3) is 0 Å². The van der Waals surface area contributed by atoms with Gasteiger partial charge in [-0.15, -0.1) is 11.8 Å². The van der Waals surface area contributed by atoms with E-state index in [1.54, 1.807) is 48.2 Å². The molecule has 3 rings (SSSR count). The summed E-state index contributed by atoms with van der Waals surface area (Å²) in [5.41, 5.74) is 3.91. The summed E-state index contributed by atoms with van der Waals surface area (Å²) in [7, 11) is -3.90. The lowest BCUT2D eigenvalue weighted by Crippen LogP contribution is -2.41. The number of thioether (sulfide) groups is 1. The molecule has 0 saturated carbocycles. The summed E-state index contributed by atoms with van der Waals surface area (Å²) in [5.74, 6) is -0.330. The molecule has 0 spiro atoms. The van der Waals surface area contributed by atoms with Gasteiger partial charge in [0.25, 0.3) is 10.0 Å². The molecule has 33 heavy (non-hydrogen) atoms. The van der Waals surface area contributed by atoms with Gasteiger partial charge in [0.1, 0.15) is 6.54 Å². The van der Waals surface area contributed by atoms with E-state index in [2.05, 4.69) is 30.4 Å². The van der Waals surface area contributed by atoms with Crippen molar-refractivity contribution < 1.29 is 13.2 Å². The lowest BCUT2D eigenvalue weighted by Gasteiger charge is -2.24. The zero-order valence-electron chi connectivity index (χ0n) is 19.2. The highest BCUT2D eigenvalue weighted by Gasteiger charge is 2.27. The number of benzene rings is 3. The minimum atomic E-state index is -3.90. The van der Waals surface area contributed by atoms with Gasteiger partial charge in [-0.2, -0.15) is 0 Å². The Morgan fingerprint density at radius 3 is 2.27 bits per heavy atom. The van der Waals surface area contributed by atoms with Gasteiger partial charge in [-0.1, -0.05) is 47.5 Å². The SMILES string of the molecule is CSc1ccc(S(=O)(=O)N(CC(=O)NCCCc2cccc(C)c2)c2ccc(C)cc2)cc1. The predicted molar refractivity (Wildman–Crippen MR) is 136 cm³/mol. The summed E-state index contributed by atoms with van der Waals surface area (Å²) < 4.78 is 28.1. The maximum Gasteiger partial charge on any atom is 0.264 e. The van der Waals surface area contributed by atoms with Crippen LogP contribution in [0.15, 0.2) is 82.6 Å². The Morgan fingerprint density at radius 2 is 1.64 bits per heavy atom. The Morgan fingerprint density at radius 1 is 0.939 bits per heavy atom. The van der Waals surface area contributed by atoms with E-state index >= 15 is 0 Å². The summed E-state index contributed by atoms with van der Waals surface area (Å²) in [6, 6.07) is 22.2. The lowest BCUT2D eigenvalue weighted by atomic mass is 10.1. The van der Waals surface area contributed by atoms with Crippen molar-refractivity contribution in [3.8, 4) is 0 Å². The number of carbonyl (C=O) groups excluding carboxylic acids is 1. The molecule has 0 fully saturated rings. The molecule has 1 N–H and O–H groups in total. The van der Waals surface area contributed by atoms with Crippen LogP contribution in [-0.4, -0.2) is 33.7 Å². The van der Waals surface area contributed by atoms with E-state index in [9.17, 15) is 13.2 Å². The number of rotatable bonds is 10. The second-order valence-electron chi connectivity index (χ2n) is 7.97. The maximum absolute atomic E-state index is 13.4. The Bertz CT molecular complexity index is 1170. The van der Waals surface area contributed by atoms with E-state index in [0.717, 1.165) is 23.3 Å². The van der Waals surface area contributed by atoms with Crippen LogP contribution in [0.2, 0.25) is 0 Å². The Kier molecular flexibility index (Phi) is 8.58. The highest BCUT2D eigenvalue weighted by Crippen LogP contribution is 2.25. The first-order chi connectivity index (χ1) is 15.8. The molecule has 5 nitrogen and oxygen atoms in total. The topological polar surface area (TPSA) is 66.5 Å². The van der Waals surface area contributed by atoms with Gasteiger partial charge in [0, 0.05) is 11.4 Å². The molecule has 0 atom stereocenters. The van der Waals surface area contributed by atoms with Crippen molar-refractivity contribution in [3.63, 3.8) is 0 Å². The maximum atomic E-state index is 13.4. The number of nitrogens with zero attached hydrogens (tertiary/aromatic N) is 1. The number of anilines is 1. The molecule has 0 unspecified atom stereocenters. The first-order valence-corrected chi connectivity index (χ1v) is 13.5. The zero-order valence-corrected chi connectivity index (χ0v) is 20.9. The average molecular weight is 483 g/mol. The normalized spacial score (nSPS) is 11.2. The number of aryl methyl sites for hydroxylation is 3. The fourth-order valence-corrected chi connectivity index (χ4v) is 5.30. The lowest BCUT2D eigenvalue weighted by molar-refractivity contribution is -0.119. The largest absolute Gasteiger partial charge is 0.355 e.